The van der Waals surface area contributed by atoms with Crippen LogP contribution in [0.25, 0.3) is 0 Å². The number of primary amides is 1. The highest BCUT2D eigenvalue weighted by Gasteiger charge is 2.07. The Morgan fingerprint density at radius 2 is 1.85 bits per heavy atom. The van der Waals surface area contributed by atoms with Crippen LogP contribution in [0.1, 0.15) is 26.7 Å². The molecule has 0 aromatic carbocycles. The smallest absolute Gasteiger partial charge is 0.246 e. The number of nitrogens with zero attached hydrogens (tertiary/aromatic N) is 1. The Morgan fingerprint density at radius 3 is 2.08 bits per heavy atom. The summed E-state index contributed by atoms with van der Waals surface area (Å²) in [6.45, 7) is 3.85. The van der Waals surface area contributed by atoms with E-state index >= 15 is 0 Å². The lowest BCUT2D eigenvalue weighted by Gasteiger charge is -2.18. The van der Waals surface area contributed by atoms with Gasteiger partial charge in [0, 0.05) is 25.4 Å². The predicted octanol–water partition coefficient (Wildman–Crippen LogP) is 1.53. The minimum Gasteiger partial charge on any atom is -0.381 e. The fourth-order valence-corrected chi connectivity index (χ4v) is 1.13. The van der Waals surface area contributed by atoms with Crippen molar-refractivity contribution in [3.63, 3.8) is 0 Å². The van der Waals surface area contributed by atoms with Crippen LogP contribution in [0.3, 0.4) is 0 Å². The molecule has 2 N–H and O–H groups in total. The van der Waals surface area contributed by atoms with Crippen LogP contribution in [0, 0.1) is 0 Å². The topological polar surface area (TPSA) is 46.3 Å². The zero-order chi connectivity index (χ0) is 9.72. The molecule has 0 heterocycles. The summed E-state index contributed by atoms with van der Waals surface area (Å²) in [6, 6.07) is 0. The summed E-state index contributed by atoms with van der Waals surface area (Å²) in [6.07, 6.45) is 1.93. The Balaban J connectivity index is 0. The fourth-order valence-electron chi connectivity index (χ4n) is 1.13. The van der Waals surface area contributed by atoms with Crippen LogP contribution in [0.2, 0.25) is 0 Å². The van der Waals surface area contributed by atoms with Crippen LogP contribution >= 0.6 is 12.4 Å². The van der Waals surface area contributed by atoms with Gasteiger partial charge in [0.1, 0.15) is 0 Å². The van der Waals surface area contributed by atoms with Crippen molar-refractivity contribution in [2.45, 2.75) is 26.7 Å². The van der Waals surface area contributed by atoms with Crippen molar-refractivity contribution >= 4 is 18.3 Å². The van der Waals surface area contributed by atoms with Crippen molar-refractivity contribution in [2.24, 2.45) is 5.73 Å². The van der Waals surface area contributed by atoms with E-state index in [1.54, 1.807) is 6.92 Å². The first-order valence-corrected chi connectivity index (χ1v) is 4.17. The lowest BCUT2D eigenvalue weighted by molar-refractivity contribution is -0.114. The van der Waals surface area contributed by atoms with Gasteiger partial charge in [-0.25, -0.2) is 0 Å². The first kappa shape index (κ1) is 14.8. The summed E-state index contributed by atoms with van der Waals surface area (Å²) in [5.41, 5.74) is 6.88. The van der Waals surface area contributed by atoms with Gasteiger partial charge in [-0.1, -0.05) is 13.3 Å². The minimum atomic E-state index is -0.327. The standard InChI is InChI=1S/C9H18N2O.ClH/c1-5-6-8(11(3)4)7(2)9(10)12;/h5-6H2,1-4H3,(H2,10,12);1H/b8-7+;. The lowest BCUT2D eigenvalue weighted by atomic mass is 10.1. The molecular weight excluding hydrogens is 188 g/mol. The first-order chi connectivity index (χ1) is 5.50. The maximum atomic E-state index is 10.9. The summed E-state index contributed by atoms with van der Waals surface area (Å²) in [5.74, 6) is -0.327. The molecule has 0 fully saturated rings. The van der Waals surface area contributed by atoms with Crippen molar-refractivity contribution in [2.75, 3.05) is 14.1 Å². The average molecular weight is 207 g/mol. The van der Waals surface area contributed by atoms with E-state index in [1.165, 1.54) is 0 Å². The number of carbonyl (C=O) groups excluding carboxylic acids is 1. The molecule has 0 spiro atoms. The molecule has 1 amide bonds. The number of nitrogens with two attached hydrogens (primary N) is 1. The second-order valence-electron chi connectivity index (χ2n) is 3.08. The van der Waals surface area contributed by atoms with E-state index in [0.717, 1.165) is 18.5 Å². The van der Waals surface area contributed by atoms with Crippen molar-refractivity contribution in [1.82, 2.24) is 4.90 Å². The van der Waals surface area contributed by atoms with Gasteiger partial charge in [0.2, 0.25) is 5.91 Å². The summed E-state index contributed by atoms with van der Waals surface area (Å²) >= 11 is 0. The Kier molecular flexibility index (Phi) is 7.72. The van der Waals surface area contributed by atoms with Gasteiger partial charge in [0.15, 0.2) is 0 Å². The van der Waals surface area contributed by atoms with Crippen LogP contribution in [0.5, 0.6) is 0 Å². The average Bonchev–Trinajstić information content (AvgIpc) is 1.98. The molecule has 78 valence electrons. The van der Waals surface area contributed by atoms with Gasteiger partial charge in [-0.05, 0) is 13.3 Å². The molecule has 0 aliphatic rings. The van der Waals surface area contributed by atoms with Crippen LogP contribution in [0.4, 0.5) is 0 Å². The molecule has 0 saturated heterocycles. The Bertz CT molecular complexity index is 200. The van der Waals surface area contributed by atoms with E-state index in [2.05, 4.69) is 6.92 Å². The van der Waals surface area contributed by atoms with Gasteiger partial charge in [-0.15, -0.1) is 12.4 Å². The largest absolute Gasteiger partial charge is 0.381 e. The molecule has 0 radical (unpaired) electrons. The molecule has 0 bridgehead atoms. The van der Waals surface area contributed by atoms with Gasteiger partial charge in [0.25, 0.3) is 0 Å². The third kappa shape index (κ3) is 4.78. The monoisotopic (exact) mass is 206 g/mol. The summed E-state index contributed by atoms with van der Waals surface area (Å²) in [7, 11) is 3.86. The Morgan fingerprint density at radius 1 is 1.38 bits per heavy atom. The number of amides is 1. The van der Waals surface area contributed by atoms with Crippen molar-refractivity contribution in [3.05, 3.63) is 11.3 Å². The van der Waals surface area contributed by atoms with E-state index in [9.17, 15) is 4.79 Å². The van der Waals surface area contributed by atoms with E-state index in [4.69, 9.17) is 5.73 Å². The molecule has 0 aromatic heterocycles. The second-order valence-corrected chi connectivity index (χ2v) is 3.08. The summed E-state index contributed by atoms with van der Waals surface area (Å²) in [4.78, 5) is 12.8. The van der Waals surface area contributed by atoms with Crippen molar-refractivity contribution in [1.29, 1.82) is 0 Å². The highest BCUT2D eigenvalue weighted by molar-refractivity contribution is 5.91. The number of allylic oxidation sites excluding steroid dienone is 1. The third-order valence-electron chi connectivity index (χ3n) is 1.83. The van der Waals surface area contributed by atoms with Crippen molar-refractivity contribution in [3.8, 4) is 0 Å². The molecule has 4 heteroatoms. The predicted molar refractivity (Wildman–Crippen MR) is 57.7 cm³/mol. The molecule has 0 atom stereocenters. The lowest BCUT2D eigenvalue weighted by Crippen LogP contribution is -2.20. The quantitative estimate of drug-likeness (QED) is 0.710. The van der Waals surface area contributed by atoms with E-state index in [-0.39, 0.29) is 18.3 Å². The van der Waals surface area contributed by atoms with Gasteiger partial charge in [-0.2, -0.15) is 0 Å². The Hall–Kier alpha value is -0.700. The second kappa shape index (κ2) is 6.78. The van der Waals surface area contributed by atoms with Crippen LogP contribution in [-0.4, -0.2) is 24.9 Å². The van der Waals surface area contributed by atoms with Crippen LogP contribution in [0.15, 0.2) is 11.3 Å². The number of carbonyl (C=O) groups is 1. The highest BCUT2D eigenvalue weighted by Crippen LogP contribution is 2.12. The molecule has 0 aliphatic carbocycles. The molecular formula is C9H19ClN2O. The van der Waals surface area contributed by atoms with Gasteiger partial charge in [0.05, 0.1) is 0 Å². The third-order valence-corrected chi connectivity index (χ3v) is 1.83. The van der Waals surface area contributed by atoms with Crippen LogP contribution in [-0.2, 0) is 4.79 Å². The maximum Gasteiger partial charge on any atom is 0.246 e. The van der Waals surface area contributed by atoms with Crippen molar-refractivity contribution < 1.29 is 4.79 Å². The molecule has 3 nitrogen and oxygen atoms in total. The van der Waals surface area contributed by atoms with Gasteiger partial charge < -0.3 is 10.6 Å². The van der Waals surface area contributed by atoms with Gasteiger partial charge >= 0.3 is 0 Å². The summed E-state index contributed by atoms with van der Waals surface area (Å²) in [5, 5.41) is 0. The molecule has 0 unspecified atom stereocenters. The summed E-state index contributed by atoms with van der Waals surface area (Å²) < 4.78 is 0. The zero-order valence-electron chi connectivity index (χ0n) is 8.76. The number of halogens is 1. The molecule has 0 aromatic rings. The Labute approximate surface area is 86.4 Å². The molecule has 0 rings (SSSR count). The minimum absolute atomic E-state index is 0. The molecule has 0 aliphatic heterocycles. The zero-order valence-corrected chi connectivity index (χ0v) is 9.57. The number of rotatable bonds is 4. The van der Waals surface area contributed by atoms with E-state index in [0.29, 0.717) is 5.57 Å². The fraction of sp³-hybridized carbons (Fsp3) is 0.667. The van der Waals surface area contributed by atoms with E-state index in [1.807, 2.05) is 19.0 Å². The van der Waals surface area contributed by atoms with Gasteiger partial charge in [-0.3, -0.25) is 4.79 Å². The molecule has 13 heavy (non-hydrogen) atoms. The maximum absolute atomic E-state index is 10.9. The normalized spacial score (nSPS) is 11.4. The highest BCUT2D eigenvalue weighted by atomic mass is 35.5. The number of hydrogen-bond donors (Lipinski definition) is 1. The molecule has 0 saturated carbocycles. The first-order valence-electron chi connectivity index (χ1n) is 4.17. The number of hydrogen-bond acceptors (Lipinski definition) is 2. The SMILES string of the molecule is CCC/C(=C(/C)C(N)=O)N(C)C.Cl. The van der Waals surface area contributed by atoms with Crippen LogP contribution < -0.4 is 5.73 Å². The van der Waals surface area contributed by atoms with E-state index < -0.39 is 0 Å².